The van der Waals surface area contributed by atoms with Crippen LogP contribution in [0.15, 0.2) is 70.4 Å². The molecule has 1 aromatic heterocycles. The van der Waals surface area contributed by atoms with Gasteiger partial charge in [-0.1, -0.05) is 30.3 Å². The molecule has 0 spiro atoms. The number of rotatable bonds is 3. The van der Waals surface area contributed by atoms with Gasteiger partial charge in [-0.2, -0.15) is 0 Å². The summed E-state index contributed by atoms with van der Waals surface area (Å²) in [4.78, 5) is 39.0. The fraction of sp³-hybridized carbons (Fsp3) is 0. The molecule has 1 amide bonds. The molecule has 0 bridgehead atoms. The van der Waals surface area contributed by atoms with Gasteiger partial charge in [-0.15, -0.1) is 0 Å². The summed E-state index contributed by atoms with van der Waals surface area (Å²) < 4.78 is 14.5. The minimum absolute atomic E-state index is 0.0561. The molecule has 0 aliphatic heterocycles. The van der Waals surface area contributed by atoms with E-state index in [2.05, 4.69) is 10.3 Å². The van der Waals surface area contributed by atoms with E-state index in [4.69, 9.17) is 0 Å². The summed E-state index contributed by atoms with van der Waals surface area (Å²) in [6.07, 6.45) is 1.01. The summed E-state index contributed by atoms with van der Waals surface area (Å²) in [5.41, 5.74) is -1.50. The number of halogens is 1. The van der Waals surface area contributed by atoms with Crippen molar-refractivity contribution in [2.45, 2.75) is 0 Å². The number of nitrogens with zero attached hydrogens (tertiary/aromatic N) is 1. The van der Waals surface area contributed by atoms with E-state index in [-0.39, 0.29) is 11.3 Å². The monoisotopic (exact) mass is 325 g/mol. The van der Waals surface area contributed by atoms with Crippen molar-refractivity contribution < 1.29 is 9.18 Å². The van der Waals surface area contributed by atoms with Crippen LogP contribution in [0, 0.1) is 5.82 Å². The topological polar surface area (TPSA) is 84.0 Å². The van der Waals surface area contributed by atoms with Crippen molar-refractivity contribution >= 4 is 11.6 Å². The van der Waals surface area contributed by atoms with Gasteiger partial charge in [0, 0.05) is 6.20 Å². The smallest absolute Gasteiger partial charge is 0.319 e. The predicted molar refractivity (Wildman–Crippen MR) is 87.0 cm³/mol. The number of carbonyl (C=O) groups is 1. The van der Waals surface area contributed by atoms with E-state index in [1.807, 2.05) is 0 Å². The molecule has 0 radical (unpaired) electrons. The van der Waals surface area contributed by atoms with Crippen LogP contribution in [0.25, 0.3) is 5.69 Å². The summed E-state index contributed by atoms with van der Waals surface area (Å²) in [5.74, 6) is -1.44. The first kappa shape index (κ1) is 15.4. The van der Waals surface area contributed by atoms with Crippen LogP contribution in [0.5, 0.6) is 0 Å². The number of aromatic amines is 1. The summed E-state index contributed by atoms with van der Waals surface area (Å²) in [6.45, 7) is 0. The molecule has 120 valence electrons. The van der Waals surface area contributed by atoms with E-state index in [1.165, 1.54) is 18.2 Å². The summed E-state index contributed by atoms with van der Waals surface area (Å²) >= 11 is 0. The zero-order valence-corrected chi connectivity index (χ0v) is 12.3. The summed E-state index contributed by atoms with van der Waals surface area (Å²) in [6, 6.07) is 13.8. The molecule has 0 atom stereocenters. The normalized spacial score (nSPS) is 10.4. The molecule has 0 fully saturated rings. The Labute approximate surface area is 135 Å². The summed E-state index contributed by atoms with van der Waals surface area (Å²) in [5, 5.41) is 2.32. The van der Waals surface area contributed by atoms with Crippen molar-refractivity contribution in [3.05, 3.63) is 93.0 Å². The fourth-order valence-corrected chi connectivity index (χ4v) is 2.20. The second kappa shape index (κ2) is 6.33. The number of carbonyl (C=O) groups excluding carboxylic acids is 1. The van der Waals surface area contributed by atoms with Gasteiger partial charge < -0.3 is 10.3 Å². The molecule has 1 heterocycles. The largest absolute Gasteiger partial charge is 0.333 e. The predicted octanol–water partition coefficient (Wildman–Crippen LogP) is 1.92. The Hall–Kier alpha value is -3.48. The van der Waals surface area contributed by atoms with Crippen LogP contribution < -0.4 is 16.6 Å². The van der Waals surface area contributed by atoms with Crippen LogP contribution >= 0.6 is 0 Å². The fourth-order valence-electron chi connectivity index (χ4n) is 2.20. The van der Waals surface area contributed by atoms with Crippen LogP contribution in [0.3, 0.4) is 0 Å². The maximum Gasteiger partial charge on any atom is 0.333 e. The van der Waals surface area contributed by atoms with Crippen molar-refractivity contribution in [2.75, 3.05) is 5.32 Å². The number of hydrogen-bond acceptors (Lipinski definition) is 3. The number of aromatic nitrogens is 2. The highest BCUT2D eigenvalue weighted by Gasteiger charge is 2.16. The second-order valence-electron chi connectivity index (χ2n) is 4.92. The van der Waals surface area contributed by atoms with Crippen LogP contribution in [0.4, 0.5) is 10.1 Å². The molecule has 24 heavy (non-hydrogen) atoms. The van der Waals surface area contributed by atoms with Crippen molar-refractivity contribution in [1.82, 2.24) is 9.55 Å². The van der Waals surface area contributed by atoms with Gasteiger partial charge in [-0.3, -0.25) is 9.59 Å². The zero-order valence-electron chi connectivity index (χ0n) is 12.3. The van der Waals surface area contributed by atoms with Crippen molar-refractivity contribution in [2.24, 2.45) is 0 Å². The van der Waals surface area contributed by atoms with E-state index in [9.17, 15) is 18.8 Å². The molecule has 3 rings (SSSR count). The van der Waals surface area contributed by atoms with Gasteiger partial charge in [-0.05, 0) is 24.3 Å². The number of anilines is 1. The van der Waals surface area contributed by atoms with Gasteiger partial charge >= 0.3 is 5.69 Å². The average molecular weight is 325 g/mol. The molecule has 2 N–H and O–H groups in total. The lowest BCUT2D eigenvalue weighted by Crippen LogP contribution is -2.38. The van der Waals surface area contributed by atoms with E-state index < -0.39 is 23.0 Å². The SMILES string of the molecule is O=C(Nc1ccccc1F)c1c[nH]c(=O)n(-c2ccccc2)c1=O. The number of nitrogens with one attached hydrogen (secondary N) is 2. The third-order valence-electron chi connectivity index (χ3n) is 3.36. The molecular weight excluding hydrogens is 313 g/mol. The van der Waals surface area contributed by atoms with Gasteiger partial charge in [0.1, 0.15) is 11.4 Å². The van der Waals surface area contributed by atoms with Gasteiger partial charge in [-0.25, -0.2) is 13.8 Å². The van der Waals surface area contributed by atoms with Crippen LogP contribution in [-0.2, 0) is 0 Å². The molecule has 2 aromatic carbocycles. The second-order valence-corrected chi connectivity index (χ2v) is 4.92. The van der Waals surface area contributed by atoms with Gasteiger partial charge in [0.25, 0.3) is 11.5 Å². The van der Waals surface area contributed by atoms with E-state index >= 15 is 0 Å². The number of para-hydroxylation sites is 2. The molecule has 0 saturated carbocycles. The number of benzene rings is 2. The van der Waals surface area contributed by atoms with E-state index in [0.717, 1.165) is 10.8 Å². The number of hydrogen-bond donors (Lipinski definition) is 2. The lowest BCUT2D eigenvalue weighted by Gasteiger charge is -2.08. The molecule has 0 aliphatic rings. The first-order valence-electron chi connectivity index (χ1n) is 7.04. The highest BCUT2D eigenvalue weighted by molar-refractivity contribution is 6.03. The van der Waals surface area contributed by atoms with Crippen LogP contribution in [-0.4, -0.2) is 15.5 Å². The Morgan fingerprint density at radius 2 is 1.67 bits per heavy atom. The van der Waals surface area contributed by atoms with Crippen molar-refractivity contribution in [3.8, 4) is 5.69 Å². The van der Waals surface area contributed by atoms with Gasteiger partial charge in [0.05, 0.1) is 11.4 Å². The molecule has 0 aliphatic carbocycles. The lowest BCUT2D eigenvalue weighted by atomic mass is 10.2. The van der Waals surface area contributed by atoms with Crippen molar-refractivity contribution in [1.29, 1.82) is 0 Å². The molecular formula is C17H12FN3O3. The number of H-pyrrole nitrogens is 1. The highest BCUT2D eigenvalue weighted by atomic mass is 19.1. The Morgan fingerprint density at radius 1 is 1.00 bits per heavy atom. The van der Waals surface area contributed by atoms with Crippen molar-refractivity contribution in [3.63, 3.8) is 0 Å². The third kappa shape index (κ3) is 2.87. The van der Waals surface area contributed by atoms with E-state index in [1.54, 1.807) is 36.4 Å². The molecule has 0 saturated heterocycles. The lowest BCUT2D eigenvalue weighted by molar-refractivity contribution is 0.102. The minimum Gasteiger partial charge on any atom is -0.319 e. The molecule has 6 nitrogen and oxygen atoms in total. The number of amides is 1. The molecule has 0 unspecified atom stereocenters. The first-order chi connectivity index (χ1) is 11.6. The standard InChI is InChI=1S/C17H12FN3O3/c18-13-8-4-5-9-14(13)20-15(22)12-10-19-17(24)21(16(12)23)11-6-2-1-3-7-11/h1-10H,(H,19,24)(H,20,22). The Balaban J connectivity index is 2.04. The quantitative estimate of drug-likeness (QED) is 0.771. The maximum absolute atomic E-state index is 13.6. The zero-order chi connectivity index (χ0) is 17.1. The average Bonchev–Trinajstić information content (AvgIpc) is 2.58. The van der Waals surface area contributed by atoms with E-state index in [0.29, 0.717) is 5.69 Å². The molecule has 3 aromatic rings. The summed E-state index contributed by atoms with van der Waals surface area (Å²) in [7, 11) is 0. The first-order valence-corrected chi connectivity index (χ1v) is 7.04. The van der Waals surface area contributed by atoms with Gasteiger partial charge in [0.2, 0.25) is 0 Å². The Kier molecular flexibility index (Phi) is 4.07. The van der Waals surface area contributed by atoms with Crippen LogP contribution in [0.1, 0.15) is 10.4 Å². The Morgan fingerprint density at radius 3 is 2.38 bits per heavy atom. The van der Waals surface area contributed by atoms with Crippen LogP contribution in [0.2, 0.25) is 0 Å². The highest BCUT2D eigenvalue weighted by Crippen LogP contribution is 2.13. The van der Waals surface area contributed by atoms with Gasteiger partial charge in [0.15, 0.2) is 0 Å². The maximum atomic E-state index is 13.6. The molecule has 7 heteroatoms. The Bertz CT molecular complexity index is 1010. The minimum atomic E-state index is -0.814. The third-order valence-corrected chi connectivity index (χ3v) is 3.36.